The van der Waals surface area contributed by atoms with Gasteiger partial charge in [-0.3, -0.25) is 4.79 Å². The molecule has 0 N–H and O–H groups in total. The van der Waals surface area contributed by atoms with Crippen LogP contribution in [0.4, 0.5) is 0 Å². The topological polar surface area (TPSA) is 39.2 Å². The van der Waals surface area contributed by atoms with Crippen LogP contribution in [0.1, 0.15) is 17.3 Å². The lowest BCUT2D eigenvalue weighted by molar-refractivity contribution is 0.102. The number of benzene rings is 1. The number of ketones is 1. The maximum absolute atomic E-state index is 11.9. The van der Waals surface area contributed by atoms with E-state index in [9.17, 15) is 4.79 Å². The van der Waals surface area contributed by atoms with Crippen molar-refractivity contribution in [3.05, 3.63) is 41.4 Å². The first-order valence-electron chi connectivity index (χ1n) is 5.58. The Bertz CT molecular complexity index is 494. The minimum atomic E-state index is 0.109. The fourth-order valence-electron chi connectivity index (χ4n) is 1.40. The van der Waals surface area contributed by atoms with Gasteiger partial charge in [0.15, 0.2) is 5.78 Å². The second kappa shape index (κ2) is 6.56. The number of carbonyl (C=O) groups is 1. The second-order valence-electron chi connectivity index (χ2n) is 3.47. The van der Waals surface area contributed by atoms with E-state index in [4.69, 9.17) is 4.74 Å². The first-order valence-corrected chi connectivity index (χ1v) is 7.44. The van der Waals surface area contributed by atoms with E-state index in [1.54, 1.807) is 29.7 Å². The molecule has 0 atom stereocenters. The molecule has 5 heteroatoms. The number of thioether (sulfide) groups is 1. The Balaban J connectivity index is 1.92. The van der Waals surface area contributed by atoms with Crippen LogP contribution in [-0.2, 0) is 0 Å². The van der Waals surface area contributed by atoms with Crippen molar-refractivity contribution in [2.24, 2.45) is 0 Å². The number of hydrogen-bond acceptors (Lipinski definition) is 5. The zero-order chi connectivity index (χ0) is 12.8. The summed E-state index contributed by atoms with van der Waals surface area (Å²) in [5.74, 6) is 1.32. The summed E-state index contributed by atoms with van der Waals surface area (Å²) in [6.07, 6.45) is 1.74. The van der Waals surface area contributed by atoms with Gasteiger partial charge in [-0.1, -0.05) is 11.8 Å². The van der Waals surface area contributed by atoms with Gasteiger partial charge in [-0.2, -0.15) is 0 Å². The van der Waals surface area contributed by atoms with E-state index in [0.717, 1.165) is 10.1 Å². The largest absolute Gasteiger partial charge is 0.494 e. The van der Waals surface area contributed by atoms with Crippen LogP contribution in [-0.4, -0.2) is 23.1 Å². The summed E-state index contributed by atoms with van der Waals surface area (Å²) >= 11 is 3.02. The number of carbonyl (C=O) groups excluding carboxylic acids is 1. The van der Waals surface area contributed by atoms with E-state index in [1.165, 1.54) is 11.8 Å². The summed E-state index contributed by atoms with van der Waals surface area (Å²) in [6, 6.07) is 7.25. The molecule has 2 rings (SSSR count). The molecule has 0 saturated carbocycles. The Kier molecular flexibility index (Phi) is 4.78. The van der Waals surface area contributed by atoms with E-state index in [1.807, 2.05) is 24.4 Å². The molecule has 0 bridgehead atoms. The van der Waals surface area contributed by atoms with Gasteiger partial charge in [-0.05, 0) is 31.2 Å². The van der Waals surface area contributed by atoms with E-state index in [-0.39, 0.29) is 5.78 Å². The molecule has 0 saturated heterocycles. The van der Waals surface area contributed by atoms with Crippen molar-refractivity contribution in [3.8, 4) is 5.75 Å². The molecule has 2 aromatic rings. The van der Waals surface area contributed by atoms with Gasteiger partial charge in [0.25, 0.3) is 0 Å². The molecule has 94 valence electrons. The molecule has 0 aliphatic carbocycles. The van der Waals surface area contributed by atoms with E-state index < -0.39 is 0 Å². The molecule has 0 spiro atoms. The molecule has 1 aromatic heterocycles. The summed E-state index contributed by atoms with van der Waals surface area (Å²) in [6.45, 7) is 2.57. The Morgan fingerprint density at radius 3 is 2.78 bits per heavy atom. The van der Waals surface area contributed by atoms with Crippen LogP contribution in [0.2, 0.25) is 0 Å². The highest BCUT2D eigenvalue weighted by molar-refractivity contribution is 8.01. The number of hydrogen-bond donors (Lipinski definition) is 0. The maximum atomic E-state index is 11.9. The number of rotatable bonds is 6. The third-order valence-electron chi connectivity index (χ3n) is 2.22. The second-order valence-corrected chi connectivity index (χ2v) is 5.58. The first-order chi connectivity index (χ1) is 8.79. The summed E-state index contributed by atoms with van der Waals surface area (Å²) < 4.78 is 6.26. The van der Waals surface area contributed by atoms with Crippen LogP contribution < -0.4 is 4.74 Å². The molecular weight excluding hydrogens is 266 g/mol. The minimum absolute atomic E-state index is 0.109. The third kappa shape index (κ3) is 3.58. The van der Waals surface area contributed by atoms with E-state index >= 15 is 0 Å². The van der Waals surface area contributed by atoms with Crippen molar-refractivity contribution >= 4 is 28.9 Å². The fraction of sp³-hybridized carbons (Fsp3) is 0.231. The van der Waals surface area contributed by atoms with Crippen molar-refractivity contribution in [2.45, 2.75) is 11.3 Å². The highest BCUT2D eigenvalue weighted by Gasteiger charge is 2.07. The lowest BCUT2D eigenvalue weighted by Crippen LogP contribution is -2.02. The smallest absolute Gasteiger partial charge is 0.173 e. The Morgan fingerprint density at radius 2 is 2.17 bits per heavy atom. The third-order valence-corrected chi connectivity index (χ3v) is 4.19. The predicted molar refractivity (Wildman–Crippen MR) is 74.8 cm³/mol. The molecule has 3 nitrogen and oxygen atoms in total. The average molecular weight is 279 g/mol. The highest BCUT2D eigenvalue weighted by Crippen LogP contribution is 2.21. The summed E-state index contributed by atoms with van der Waals surface area (Å²) in [7, 11) is 0. The monoisotopic (exact) mass is 279 g/mol. The maximum Gasteiger partial charge on any atom is 0.173 e. The Morgan fingerprint density at radius 1 is 1.39 bits per heavy atom. The highest BCUT2D eigenvalue weighted by atomic mass is 32.2. The first kappa shape index (κ1) is 13.1. The molecule has 0 amide bonds. The molecule has 0 unspecified atom stereocenters. The Hall–Kier alpha value is -1.33. The standard InChI is InChI=1S/C13H13NO2S2/c1-2-16-11-5-3-10(4-6-11)12(15)9-18-13-14-7-8-17-13/h3-8H,2,9H2,1H3. The van der Waals surface area contributed by atoms with Gasteiger partial charge in [-0.15, -0.1) is 11.3 Å². The fourth-order valence-corrected chi connectivity index (χ4v) is 2.93. The van der Waals surface area contributed by atoms with Gasteiger partial charge in [0, 0.05) is 17.1 Å². The average Bonchev–Trinajstić information content (AvgIpc) is 2.90. The minimum Gasteiger partial charge on any atom is -0.494 e. The quantitative estimate of drug-likeness (QED) is 0.599. The number of nitrogens with zero attached hydrogens (tertiary/aromatic N) is 1. The molecule has 1 heterocycles. The lowest BCUT2D eigenvalue weighted by Gasteiger charge is -2.04. The van der Waals surface area contributed by atoms with E-state index in [2.05, 4.69) is 4.98 Å². The van der Waals surface area contributed by atoms with Crippen molar-refractivity contribution in [1.29, 1.82) is 0 Å². The van der Waals surface area contributed by atoms with Crippen LogP contribution in [0.25, 0.3) is 0 Å². The van der Waals surface area contributed by atoms with Gasteiger partial charge in [-0.25, -0.2) is 4.98 Å². The lowest BCUT2D eigenvalue weighted by atomic mass is 10.1. The molecular formula is C13H13NO2S2. The number of thiazole rings is 1. The number of Topliss-reactive ketones (excluding diaryl/α,β-unsaturated/α-hetero) is 1. The van der Waals surface area contributed by atoms with Crippen molar-refractivity contribution in [3.63, 3.8) is 0 Å². The van der Waals surface area contributed by atoms with Crippen LogP contribution in [0.5, 0.6) is 5.75 Å². The molecule has 0 aliphatic heterocycles. The number of aromatic nitrogens is 1. The molecule has 0 radical (unpaired) electrons. The van der Waals surface area contributed by atoms with Crippen LogP contribution >= 0.6 is 23.1 Å². The molecule has 0 fully saturated rings. The van der Waals surface area contributed by atoms with Crippen LogP contribution in [0.15, 0.2) is 40.2 Å². The van der Waals surface area contributed by atoms with Gasteiger partial charge in [0.2, 0.25) is 0 Å². The van der Waals surface area contributed by atoms with Gasteiger partial charge >= 0.3 is 0 Å². The van der Waals surface area contributed by atoms with Crippen LogP contribution in [0, 0.1) is 0 Å². The zero-order valence-electron chi connectivity index (χ0n) is 9.96. The summed E-state index contributed by atoms with van der Waals surface area (Å²) in [5, 5.41) is 1.91. The van der Waals surface area contributed by atoms with E-state index in [0.29, 0.717) is 17.9 Å². The van der Waals surface area contributed by atoms with Gasteiger partial charge < -0.3 is 4.74 Å². The zero-order valence-corrected chi connectivity index (χ0v) is 11.6. The normalized spacial score (nSPS) is 10.3. The molecule has 18 heavy (non-hydrogen) atoms. The summed E-state index contributed by atoms with van der Waals surface area (Å²) in [5.41, 5.74) is 0.711. The van der Waals surface area contributed by atoms with Crippen molar-refractivity contribution < 1.29 is 9.53 Å². The summed E-state index contributed by atoms with van der Waals surface area (Å²) in [4.78, 5) is 16.1. The SMILES string of the molecule is CCOc1ccc(C(=O)CSc2nccs2)cc1. The van der Waals surface area contributed by atoms with Gasteiger partial charge in [0.05, 0.1) is 12.4 Å². The molecule has 1 aromatic carbocycles. The number of ether oxygens (including phenoxy) is 1. The molecule has 0 aliphatic rings. The van der Waals surface area contributed by atoms with Crippen LogP contribution in [0.3, 0.4) is 0 Å². The van der Waals surface area contributed by atoms with Crippen molar-refractivity contribution in [2.75, 3.05) is 12.4 Å². The Labute approximate surface area is 114 Å². The van der Waals surface area contributed by atoms with Crippen molar-refractivity contribution in [1.82, 2.24) is 4.98 Å². The predicted octanol–water partition coefficient (Wildman–Crippen LogP) is 3.52. The van der Waals surface area contributed by atoms with Gasteiger partial charge in [0.1, 0.15) is 10.1 Å².